The van der Waals surface area contributed by atoms with Gasteiger partial charge in [-0.1, -0.05) is 32.1 Å². The molecule has 1 heterocycles. The molecule has 2 aliphatic rings. The third-order valence-electron chi connectivity index (χ3n) is 5.17. The summed E-state index contributed by atoms with van der Waals surface area (Å²) in [5.74, 6) is -0.147. The van der Waals surface area contributed by atoms with Crippen LogP contribution in [0.2, 0.25) is 0 Å². The van der Waals surface area contributed by atoms with E-state index < -0.39 is 23.7 Å². The van der Waals surface area contributed by atoms with Gasteiger partial charge in [0, 0.05) is 12.6 Å². The predicted molar refractivity (Wildman–Crippen MR) is 96.6 cm³/mol. The Hall–Kier alpha value is -1.30. The molecule has 0 aromatic rings. The maximum absolute atomic E-state index is 12.2. The fourth-order valence-corrected chi connectivity index (χ4v) is 4.09. The molecule has 144 valence electrons. The molecule has 0 aromatic carbocycles. The van der Waals surface area contributed by atoms with Crippen molar-refractivity contribution in [1.82, 2.24) is 10.2 Å². The summed E-state index contributed by atoms with van der Waals surface area (Å²) in [4.78, 5) is 25.7. The van der Waals surface area contributed by atoms with Gasteiger partial charge in [0.15, 0.2) is 0 Å². The zero-order valence-corrected chi connectivity index (χ0v) is 15.9. The highest BCUT2D eigenvalue weighted by Crippen LogP contribution is 2.28. The van der Waals surface area contributed by atoms with Gasteiger partial charge in [0.2, 0.25) is 0 Å². The Morgan fingerprint density at radius 1 is 1.16 bits per heavy atom. The maximum Gasteiger partial charge on any atom is 0.407 e. The molecule has 0 bridgehead atoms. The van der Waals surface area contributed by atoms with Gasteiger partial charge in [-0.05, 0) is 52.5 Å². The molecule has 0 aromatic heterocycles. The van der Waals surface area contributed by atoms with Crippen molar-refractivity contribution in [1.29, 1.82) is 0 Å². The molecule has 0 radical (unpaired) electrons. The summed E-state index contributed by atoms with van der Waals surface area (Å²) in [6.07, 6.45) is 8.31. The van der Waals surface area contributed by atoms with Gasteiger partial charge in [-0.25, -0.2) is 4.79 Å². The van der Waals surface area contributed by atoms with Crippen LogP contribution < -0.4 is 5.32 Å². The van der Waals surface area contributed by atoms with E-state index in [9.17, 15) is 14.7 Å². The minimum Gasteiger partial charge on any atom is -0.480 e. The van der Waals surface area contributed by atoms with E-state index in [-0.39, 0.29) is 6.04 Å². The average molecular weight is 354 g/mol. The normalized spacial score (nSPS) is 24.0. The maximum atomic E-state index is 12.2. The minimum absolute atomic E-state index is 0.0575. The van der Waals surface area contributed by atoms with Gasteiger partial charge in [0.25, 0.3) is 0 Å². The SMILES string of the molecule is CC(C)(C)OC(=O)N[C@H](CC1CCCCC1)CN1CCC[C@H]1C(=O)O. The van der Waals surface area contributed by atoms with Crippen LogP contribution in [0.15, 0.2) is 0 Å². The zero-order chi connectivity index (χ0) is 18.4. The molecule has 6 heteroatoms. The second-order valence-corrected chi connectivity index (χ2v) is 8.57. The monoisotopic (exact) mass is 354 g/mol. The first-order valence-corrected chi connectivity index (χ1v) is 9.71. The first-order valence-electron chi connectivity index (χ1n) is 9.71. The Labute approximate surface area is 151 Å². The van der Waals surface area contributed by atoms with Crippen molar-refractivity contribution in [3.8, 4) is 0 Å². The molecule has 2 fully saturated rings. The van der Waals surface area contributed by atoms with Crippen LogP contribution in [0.3, 0.4) is 0 Å². The van der Waals surface area contributed by atoms with Crippen LogP contribution in [0.25, 0.3) is 0 Å². The second-order valence-electron chi connectivity index (χ2n) is 8.57. The molecule has 2 rings (SSSR count). The quantitative estimate of drug-likeness (QED) is 0.764. The van der Waals surface area contributed by atoms with Gasteiger partial charge in [0.1, 0.15) is 11.6 Å². The van der Waals surface area contributed by atoms with Gasteiger partial charge < -0.3 is 15.2 Å². The number of carbonyl (C=O) groups is 2. The van der Waals surface area contributed by atoms with Crippen molar-refractivity contribution < 1.29 is 19.4 Å². The van der Waals surface area contributed by atoms with Crippen LogP contribution in [-0.4, -0.2) is 52.8 Å². The zero-order valence-electron chi connectivity index (χ0n) is 15.9. The number of alkyl carbamates (subject to hydrolysis) is 1. The van der Waals surface area contributed by atoms with Crippen molar-refractivity contribution in [2.75, 3.05) is 13.1 Å². The van der Waals surface area contributed by atoms with E-state index in [2.05, 4.69) is 5.32 Å². The fourth-order valence-electron chi connectivity index (χ4n) is 4.09. The number of hydrogen-bond acceptors (Lipinski definition) is 4. The van der Waals surface area contributed by atoms with Crippen LogP contribution in [0, 0.1) is 5.92 Å². The largest absolute Gasteiger partial charge is 0.480 e. The topological polar surface area (TPSA) is 78.9 Å². The Kier molecular flexibility index (Phi) is 7.11. The van der Waals surface area contributed by atoms with Crippen molar-refractivity contribution in [3.63, 3.8) is 0 Å². The number of carboxylic acid groups (broad SMARTS) is 1. The number of rotatable bonds is 6. The highest BCUT2D eigenvalue weighted by atomic mass is 16.6. The highest BCUT2D eigenvalue weighted by Gasteiger charge is 2.33. The van der Waals surface area contributed by atoms with E-state index in [1.807, 2.05) is 25.7 Å². The lowest BCUT2D eigenvalue weighted by Gasteiger charge is -2.32. The number of likely N-dealkylation sites (tertiary alicyclic amines) is 1. The number of ether oxygens (including phenoxy) is 1. The molecule has 1 amide bonds. The average Bonchev–Trinajstić information content (AvgIpc) is 2.94. The molecule has 0 unspecified atom stereocenters. The summed E-state index contributed by atoms with van der Waals surface area (Å²) < 4.78 is 5.41. The van der Waals surface area contributed by atoms with Crippen molar-refractivity contribution in [2.24, 2.45) is 5.92 Å². The number of nitrogens with zero attached hydrogens (tertiary/aromatic N) is 1. The van der Waals surface area contributed by atoms with Crippen LogP contribution in [-0.2, 0) is 9.53 Å². The first-order chi connectivity index (χ1) is 11.7. The lowest BCUT2D eigenvalue weighted by atomic mass is 9.84. The number of carbonyl (C=O) groups excluding carboxylic acids is 1. The summed E-state index contributed by atoms with van der Waals surface area (Å²) in [6, 6.07) is -0.479. The summed E-state index contributed by atoms with van der Waals surface area (Å²) in [5.41, 5.74) is -0.531. The van der Waals surface area contributed by atoms with E-state index in [4.69, 9.17) is 4.74 Å². The lowest BCUT2D eigenvalue weighted by molar-refractivity contribution is -0.142. The molecule has 1 saturated heterocycles. The molecule has 2 N–H and O–H groups in total. The highest BCUT2D eigenvalue weighted by molar-refractivity contribution is 5.73. The summed E-state index contributed by atoms with van der Waals surface area (Å²) >= 11 is 0. The van der Waals surface area contributed by atoms with Crippen LogP contribution >= 0.6 is 0 Å². The standard InChI is InChI=1S/C19H34N2O4/c1-19(2,3)25-18(24)20-15(12-14-8-5-4-6-9-14)13-21-11-7-10-16(21)17(22)23/h14-16H,4-13H2,1-3H3,(H,20,24)(H,22,23)/t15-,16+/m1/s1. The number of carboxylic acids is 1. The summed E-state index contributed by atoms with van der Waals surface area (Å²) in [7, 11) is 0. The number of aliphatic carboxylic acids is 1. The molecule has 6 nitrogen and oxygen atoms in total. The Morgan fingerprint density at radius 2 is 1.84 bits per heavy atom. The Bertz CT molecular complexity index is 455. The number of hydrogen-bond donors (Lipinski definition) is 2. The fraction of sp³-hybridized carbons (Fsp3) is 0.895. The third kappa shape index (κ3) is 6.84. The Morgan fingerprint density at radius 3 is 2.44 bits per heavy atom. The molecular weight excluding hydrogens is 320 g/mol. The van der Waals surface area contributed by atoms with Crippen LogP contribution in [0.1, 0.15) is 72.1 Å². The predicted octanol–water partition coefficient (Wildman–Crippen LogP) is 3.40. The second kappa shape index (κ2) is 8.88. The van der Waals surface area contributed by atoms with Gasteiger partial charge >= 0.3 is 12.1 Å². The van der Waals surface area contributed by atoms with E-state index in [0.29, 0.717) is 18.9 Å². The summed E-state index contributed by atoms with van der Waals surface area (Å²) in [5, 5.41) is 12.4. The van der Waals surface area contributed by atoms with Crippen molar-refractivity contribution in [3.05, 3.63) is 0 Å². The van der Waals surface area contributed by atoms with E-state index in [0.717, 1.165) is 19.4 Å². The van der Waals surface area contributed by atoms with E-state index in [1.54, 1.807) is 0 Å². The van der Waals surface area contributed by atoms with Crippen LogP contribution in [0.5, 0.6) is 0 Å². The van der Waals surface area contributed by atoms with Crippen LogP contribution in [0.4, 0.5) is 4.79 Å². The van der Waals surface area contributed by atoms with E-state index >= 15 is 0 Å². The van der Waals surface area contributed by atoms with Gasteiger partial charge in [-0.3, -0.25) is 9.69 Å². The molecule has 1 aliphatic carbocycles. The number of amides is 1. The lowest BCUT2D eigenvalue weighted by Crippen LogP contribution is -2.49. The van der Waals surface area contributed by atoms with E-state index in [1.165, 1.54) is 32.1 Å². The van der Waals surface area contributed by atoms with Gasteiger partial charge in [-0.15, -0.1) is 0 Å². The Balaban J connectivity index is 1.97. The van der Waals surface area contributed by atoms with Crippen molar-refractivity contribution >= 4 is 12.1 Å². The third-order valence-corrected chi connectivity index (χ3v) is 5.17. The van der Waals surface area contributed by atoms with Crippen molar-refractivity contribution in [2.45, 2.75) is 89.8 Å². The first kappa shape index (κ1) is 20.0. The molecule has 25 heavy (non-hydrogen) atoms. The molecule has 0 spiro atoms. The molecular formula is C19H34N2O4. The smallest absolute Gasteiger partial charge is 0.407 e. The molecule has 1 aliphatic heterocycles. The van der Waals surface area contributed by atoms with Gasteiger partial charge in [-0.2, -0.15) is 0 Å². The molecule has 2 atom stereocenters. The van der Waals surface area contributed by atoms with Gasteiger partial charge in [0.05, 0.1) is 0 Å². The minimum atomic E-state index is -0.758. The summed E-state index contributed by atoms with van der Waals surface area (Å²) in [6.45, 7) is 6.93. The molecule has 1 saturated carbocycles. The number of nitrogens with one attached hydrogen (secondary N) is 1.